The van der Waals surface area contributed by atoms with Crippen molar-refractivity contribution in [1.82, 2.24) is 9.97 Å². The van der Waals surface area contributed by atoms with Crippen LogP contribution in [0.15, 0.2) is 6.07 Å². The van der Waals surface area contributed by atoms with Crippen molar-refractivity contribution in [3.8, 4) is 0 Å². The Hall–Kier alpha value is -1.56. The summed E-state index contributed by atoms with van der Waals surface area (Å²) >= 11 is 0. The van der Waals surface area contributed by atoms with Gasteiger partial charge in [-0.05, 0) is 12.8 Å². The molecule has 2 heterocycles. The van der Waals surface area contributed by atoms with Crippen LogP contribution in [0.25, 0.3) is 0 Å². The first-order chi connectivity index (χ1) is 8.29. The predicted octanol–water partition coefficient (Wildman–Crippen LogP) is 1.11. The van der Waals surface area contributed by atoms with Crippen molar-refractivity contribution < 1.29 is 0 Å². The minimum atomic E-state index is 0.262. The largest absolute Gasteiger partial charge is 0.368 e. The number of anilines is 3. The highest BCUT2D eigenvalue weighted by molar-refractivity contribution is 5.52. The molecule has 1 aliphatic heterocycles. The van der Waals surface area contributed by atoms with Crippen LogP contribution in [0.1, 0.15) is 32.1 Å². The first kappa shape index (κ1) is 11.9. The second-order valence-corrected chi connectivity index (χ2v) is 4.37. The highest BCUT2D eigenvalue weighted by Crippen LogP contribution is 2.20. The molecule has 17 heavy (non-hydrogen) atoms. The maximum atomic E-state index is 5.67. The third-order valence-corrected chi connectivity index (χ3v) is 3.06. The third kappa shape index (κ3) is 3.20. The van der Waals surface area contributed by atoms with Gasteiger partial charge in [0.1, 0.15) is 11.6 Å². The molecule has 1 aromatic rings. The SMILES string of the molecule is NNc1cc(N2CCCCCCC2)nc(N)n1. The summed E-state index contributed by atoms with van der Waals surface area (Å²) in [4.78, 5) is 10.5. The van der Waals surface area contributed by atoms with E-state index < -0.39 is 0 Å². The summed E-state index contributed by atoms with van der Waals surface area (Å²) in [5.41, 5.74) is 8.18. The molecule has 0 aromatic carbocycles. The number of aromatic nitrogens is 2. The highest BCUT2D eigenvalue weighted by Gasteiger charge is 2.12. The Morgan fingerprint density at radius 3 is 2.35 bits per heavy atom. The van der Waals surface area contributed by atoms with Gasteiger partial charge in [0, 0.05) is 19.2 Å². The fourth-order valence-electron chi connectivity index (χ4n) is 2.17. The fraction of sp³-hybridized carbons (Fsp3) is 0.636. The fourth-order valence-corrected chi connectivity index (χ4v) is 2.17. The quantitative estimate of drug-likeness (QED) is 0.526. The normalized spacial score (nSPS) is 17.4. The molecule has 1 aliphatic rings. The summed E-state index contributed by atoms with van der Waals surface area (Å²) in [5, 5.41) is 0. The van der Waals surface area contributed by atoms with Crippen LogP contribution in [0.2, 0.25) is 0 Å². The number of nitrogens with one attached hydrogen (secondary N) is 1. The molecule has 1 fully saturated rings. The van der Waals surface area contributed by atoms with Crippen LogP contribution in [-0.2, 0) is 0 Å². The van der Waals surface area contributed by atoms with Gasteiger partial charge in [-0.25, -0.2) is 5.84 Å². The van der Waals surface area contributed by atoms with Gasteiger partial charge in [0.15, 0.2) is 0 Å². The minimum absolute atomic E-state index is 0.262. The highest BCUT2D eigenvalue weighted by atomic mass is 15.3. The summed E-state index contributed by atoms with van der Waals surface area (Å²) in [6.45, 7) is 2.06. The van der Waals surface area contributed by atoms with E-state index in [4.69, 9.17) is 11.6 Å². The Kier molecular flexibility index (Phi) is 3.98. The minimum Gasteiger partial charge on any atom is -0.368 e. The van der Waals surface area contributed by atoms with Crippen LogP contribution >= 0.6 is 0 Å². The van der Waals surface area contributed by atoms with Gasteiger partial charge in [-0.3, -0.25) is 0 Å². The first-order valence-corrected chi connectivity index (χ1v) is 6.16. The molecule has 6 heteroatoms. The predicted molar refractivity (Wildman–Crippen MR) is 69.6 cm³/mol. The van der Waals surface area contributed by atoms with Crippen LogP contribution in [0.5, 0.6) is 0 Å². The van der Waals surface area contributed by atoms with Crippen LogP contribution in [0.4, 0.5) is 17.6 Å². The zero-order valence-corrected chi connectivity index (χ0v) is 10.0. The van der Waals surface area contributed by atoms with Crippen molar-refractivity contribution in [2.75, 3.05) is 29.1 Å². The van der Waals surface area contributed by atoms with Gasteiger partial charge in [0.05, 0.1) is 0 Å². The maximum absolute atomic E-state index is 5.67. The summed E-state index contributed by atoms with van der Waals surface area (Å²) in [6, 6.07) is 1.85. The Morgan fingerprint density at radius 1 is 1.06 bits per heavy atom. The first-order valence-electron chi connectivity index (χ1n) is 6.16. The van der Waals surface area contributed by atoms with E-state index in [1.807, 2.05) is 6.07 Å². The number of hydrogen-bond acceptors (Lipinski definition) is 6. The van der Waals surface area contributed by atoms with Gasteiger partial charge in [0.25, 0.3) is 0 Å². The van der Waals surface area contributed by atoms with E-state index in [0.717, 1.165) is 18.9 Å². The molecule has 1 saturated heterocycles. The number of nitrogens with two attached hydrogens (primary N) is 2. The molecule has 0 aliphatic carbocycles. The second-order valence-electron chi connectivity index (χ2n) is 4.37. The van der Waals surface area contributed by atoms with Crippen molar-refractivity contribution >= 4 is 17.6 Å². The zero-order valence-electron chi connectivity index (χ0n) is 10.0. The summed E-state index contributed by atoms with van der Waals surface area (Å²) in [5.74, 6) is 7.05. The van der Waals surface area contributed by atoms with Crippen molar-refractivity contribution in [1.29, 1.82) is 0 Å². The smallest absolute Gasteiger partial charge is 0.223 e. The summed E-state index contributed by atoms with van der Waals surface area (Å²) in [7, 11) is 0. The van der Waals surface area contributed by atoms with Crippen molar-refractivity contribution in [2.24, 2.45) is 5.84 Å². The van der Waals surface area contributed by atoms with E-state index in [1.165, 1.54) is 32.1 Å². The Bertz CT molecular complexity index is 359. The molecule has 2 rings (SSSR count). The molecule has 0 amide bonds. The second kappa shape index (κ2) is 5.67. The standard InChI is InChI=1S/C11H20N6/c12-11-14-9(16-13)8-10(15-11)17-6-4-2-1-3-5-7-17/h8H,1-7,13H2,(H3,12,14,15,16). The van der Waals surface area contributed by atoms with E-state index in [2.05, 4.69) is 20.3 Å². The van der Waals surface area contributed by atoms with E-state index in [1.54, 1.807) is 0 Å². The Morgan fingerprint density at radius 2 is 1.71 bits per heavy atom. The molecule has 0 spiro atoms. The van der Waals surface area contributed by atoms with Gasteiger partial charge in [-0.15, -0.1) is 0 Å². The van der Waals surface area contributed by atoms with Gasteiger partial charge < -0.3 is 16.1 Å². The van der Waals surface area contributed by atoms with Crippen LogP contribution in [0, 0.1) is 0 Å². The topological polar surface area (TPSA) is 93.1 Å². The molecule has 6 nitrogen and oxygen atoms in total. The molecule has 0 bridgehead atoms. The van der Waals surface area contributed by atoms with Crippen molar-refractivity contribution in [3.63, 3.8) is 0 Å². The van der Waals surface area contributed by atoms with Gasteiger partial charge >= 0.3 is 0 Å². The molecule has 1 aromatic heterocycles. The van der Waals surface area contributed by atoms with Crippen molar-refractivity contribution in [3.05, 3.63) is 6.07 Å². The monoisotopic (exact) mass is 236 g/mol. The lowest BCUT2D eigenvalue weighted by Crippen LogP contribution is -2.28. The third-order valence-electron chi connectivity index (χ3n) is 3.06. The number of hydrogen-bond donors (Lipinski definition) is 3. The average molecular weight is 236 g/mol. The maximum Gasteiger partial charge on any atom is 0.223 e. The number of rotatable bonds is 2. The van der Waals surface area contributed by atoms with Crippen LogP contribution in [-0.4, -0.2) is 23.1 Å². The lowest BCUT2D eigenvalue weighted by molar-refractivity contribution is 0.554. The molecule has 94 valence electrons. The number of nitrogen functional groups attached to an aromatic ring is 2. The molecular formula is C11H20N6. The van der Waals surface area contributed by atoms with Crippen molar-refractivity contribution in [2.45, 2.75) is 32.1 Å². The number of hydrazine groups is 1. The number of nitrogens with zero attached hydrogens (tertiary/aromatic N) is 3. The van der Waals surface area contributed by atoms with Crippen LogP contribution in [0.3, 0.4) is 0 Å². The van der Waals surface area contributed by atoms with E-state index in [-0.39, 0.29) is 5.95 Å². The molecule has 0 unspecified atom stereocenters. The van der Waals surface area contributed by atoms with E-state index in [0.29, 0.717) is 5.82 Å². The molecule has 0 saturated carbocycles. The van der Waals surface area contributed by atoms with E-state index in [9.17, 15) is 0 Å². The Labute approximate surface area is 101 Å². The van der Waals surface area contributed by atoms with Gasteiger partial charge in [0.2, 0.25) is 5.95 Å². The average Bonchev–Trinajstić information content (AvgIpc) is 2.27. The zero-order chi connectivity index (χ0) is 12.1. The van der Waals surface area contributed by atoms with Gasteiger partial charge in [-0.2, -0.15) is 9.97 Å². The summed E-state index contributed by atoms with van der Waals surface area (Å²) in [6.07, 6.45) is 6.33. The van der Waals surface area contributed by atoms with Gasteiger partial charge in [-0.1, -0.05) is 19.3 Å². The molecular weight excluding hydrogens is 216 g/mol. The molecule has 5 N–H and O–H groups in total. The molecule has 0 atom stereocenters. The lowest BCUT2D eigenvalue weighted by Gasteiger charge is -2.26. The Balaban J connectivity index is 2.15. The molecule has 0 radical (unpaired) electrons. The van der Waals surface area contributed by atoms with E-state index >= 15 is 0 Å². The van der Waals surface area contributed by atoms with Crippen LogP contribution < -0.4 is 21.9 Å². The summed E-state index contributed by atoms with van der Waals surface area (Å²) < 4.78 is 0. The lowest BCUT2D eigenvalue weighted by atomic mass is 10.1.